The lowest BCUT2D eigenvalue weighted by Crippen LogP contribution is -2.48. The molecule has 2 aromatic heterocycles. The highest BCUT2D eigenvalue weighted by molar-refractivity contribution is 6.38. The van der Waals surface area contributed by atoms with E-state index in [2.05, 4.69) is 20.2 Å². The molecule has 36 heavy (non-hydrogen) atoms. The van der Waals surface area contributed by atoms with Gasteiger partial charge in [-0.25, -0.2) is 19.5 Å². The molecule has 10 heteroatoms. The molecule has 0 aliphatic carbocycles. The molecule has 0 aliphatic heterocycles. The van der Waals surface area contributed by atoms with Crippen molar-refractivity contribution in [2.24, 2.45) is 0 Å². The van der Waals surface area contributed by atoms with Gasteiger partial charge < -0.3 is 5.32 Å². The second-order valence-electron chi connectivity index (χ2n) is 7.75. The van der Waals surface area contributed by atoms with E-state index in [9.17, 15) is 18.8 Å². The SMILES string of the molecule is CONC(=O)C(=O)[C@H](Cc1cccc(F)c1)NC(=O)c1cccnc1-n1ccc(-c2ccccc2)n1. The molecule has 0 bridgehead atoms. The average molecular weight is 487 g/mol. The molecule has 0 unspecified atom stereocenters. The molecule has 0 saturated carbocycles. The number of halogens is 1. The molecule has 2 aromatic carbocycles. The summed E-state index contributed by atoms with van der Waals surface area (Å²) in [6.45, 7) is 0. The highest BCUT2D eigenvalue weighted by Crippen LogP contribution is 2.19. The molecular formula is C26H22FN5O4. The summed E-state index contributed by atoms with van der Waals surface area (Å²) < 4.78 is 15.2. The van der Waals surface area contributed by atoms with Crippen molar-refractivity contribution in [1.29, 1.82) is 0 Å². The molecule has 2 heterocycles. The molecule has 2 amide bonds. The van der Waals surface area contributed by atoms with Crippen LogP contribution in [0, 0.1) is 5.82 Å². The average Bonchev–Trinajstić information content (AvgIpc) is 3.39. The zero-order chi connectivity index (χ0) is 25.5. The fourth-order valence-electron chi connectivity index (χ4n) is 3.61. The Hall–Kier alpha value is -4.70. The molecule has 0 fully saturated rings. The topological polar surface area (TPSA) is 115 Å². The van der Waals surface area contributed by atoms with Crippen LogP contribution in [0.1, 0.15) is 15.9 Å². The van der Waals surface area contributed by atoms with E-state index < -0.39 is 29.5 Å². The number of hydroxylamine groups is 1. The van der Waals surface area contributed by atoms with Gasteiger partial charge in [-0.05, 0) is 35.9 Å². The number of benzene rings is 2. The summed E-state index contributed by atoms with van der Waals surface area (Å²) in [4.78, 5) is 47.0. The number of nitrogens with one attached hydrogen (secondary N) is 2. The summed E-state index contributed by atoms with van der Waals surface area (Å²) in [6, 6.07) is 18.6. The number of hydrogen-bond acceptors (Lipinski definition) is 6. The second-order valence-corrected chi connectivity index (χ2v) is 7.75. The zero-order valence-corrected chi connectivity index (χ0v) is 19.2. The second kappa shape index (κ2) is 11.2. The predicted molar refractivity (Wildman–Crippen MR) is 128 cm³/mol. The van der Waals surface area contributed by atoms with Gasteiger partial charge in [0.1, 0.15) is 11.9 Å². The number of ketones is 1. The highest BCUT2D eigenvalue weighted by atomic mass is 19.1. The number of amides is 2. The third-order valence-electron chi connectivity index (χ3n) is 5.28. The van der Waals surface area contributed by atoms with Crippen molar-refractivity contribution in [2.75, 3.05) is 7.11 Å². The van der Waals surface area contributed by atoms with Crippen LogP contribution < -0.4 is 10.8 Å². The molecule has 1 atom stereocenters. The minimum absolute atomic E-state index is 0.116. The van der Waals surface area contributed by atoms with E-state index in [-0.39, 0.29) is 17.8 Å². The van der Waals surface area contributed by atoms with Crippen molar-refractivity contribution >= 4 is 17.6 Å². The van der Waals surface area contributed by atoms with Gasteiger partial charge in [-0.15, -0.1) is 0 Å². The van der Waals surface area contributed by atoms with E-state index >= 15 is 0 Å². The Bertz CT molecular complexity index is 1390. The van der Waals surface area contributed by atoms with Crippen LogP contribution in [0.2, 0.25) is 0 Å². The molecule has 9 nitrogen and oxygen atoms in total. The van der Waals surface area contributed by atoms with Gasteiger partial charge in [-0.1, -0.05) is 42.5 Å². The van der Waals surface area contributed by atoms with Crippen LogP contribution in [0.5, 0.6) is 0 Å². The third kappa shape index (κ3) is 5.68. The number of carbonyl (C=O) groups excluding carboxylic acids is 3. The van der Waals surface area contributed by atoms with E-state index in [1.807, 2.05) is 35.8 Å². The monoisotopic (exact) mass is 487 g/mol. The molecule has 0 saturated heterocycles. The van der Waals surface area contributed by atoms with Gasteiger partial charge in [0.25, 0.3) is 5.91 Å². The van der Waals surface area contributed by atoms with E-state index in [0.717, 1.165) is 5.56 Å². The number of pyridine rings is 1. The lowest BCUT2D eigenvalue weighted by atomic mass is 10.0. The van der Waals surface area contributed by atoms with Crippen LogP contribution in [0.25, 0.3) is 17.1 Å². The van der Waals surface area contributed by atoms with Crippen LogP contribution in [0.15, 0.2) is 85.2 Å². The first-order valence-electron chi connectivity index (χ1n) is 10.9. The van der Waals surface area contributed by atoms with Crippen molar-refractivity contribution < 1.29 is 23.6 Å². The maximum absolute atomic E-state index is 13.7. The summed E-state index contributed by atoms with van der Waals surface area (Å²) in [7, 11) is 1.18. The Morgan fingerprint density at radius 2 is 1.83 bits per heavy atom. The largest absolute Gasteiger partial charge is 0.341 e. The van der Waals surface area contributed by atoms with Crippen molar-refractivity contribution in [3.8, 4) is 17.1 Å². The zero-order valence-electron chi connectivity index (χ0n) is 19.2. The van der Waals surface area contributed by atoms with Gasteiger partial charge in [0, 0.05) is 24.4 Å². The van der Waals surface area contributed by atoms with Gasteiger partial charge >= 0.3 is 5.91 Å². The molecular weight excluding hydrogens is 465 g/mol. The van der Waals surface area contributed by atoms with Crippen LogP contribution in [-0.2, 0) is 20.8 Å². The number of Topliss-reactive ketones (excluding diaryl/α,β-unsaturated/α-hetero) is 1. The number of nitrogens with zero attached hydrogens (tertiary/aromatic N) is 3. The number of carbonyl (C=O) groups is 3. The predicted octanol–water partition coefficient (Wildman–Crippen LogP) is 2.66. The maximum Gasteiger partial charge on any atom is 0.313 e. The quantitative estimate of drug-likeness (QED) is 0.277. The molecule has 4 rings (SSSR count). The fraction of sp³-hybridized carbons (Fsp3) is 0.115. The van der Waals surface area contributed by atoms with Crippen molar-refractivity contribution in [1.82, 2.24) is 25.6 Å². The minimum Gasteiger partial charge on any atom is -0.341 e. The Kier molecular flexibility index (Phi) is 7.57. The normalized spacial score (nSPS) is 11.5. The van der Waals surface area contributed by atoms with E-state index in [4.69, 9.17) is 0 Å². The minimum atomic E-state index is -1.29. The molecule has 0 radical (unpaired) electrons. The van der Waals surface area contributed by atoms with E-state index in [1.165, 1.54) is 42.3 Å². The first-order valence-corrected chi connectivity index (χ1v) is 10.9. The standard InChI is InChI=1S/C26H22FN5O4/c1-36-31-26(35)23(33)22(16-17-7-5-10-19(27)15-17)29-25(34)20-11-6-13-28-24(20)32-14-12-21(30-32)18-8-3-2-4-9-18/h2-15,22H,16H2,1H3,(H,29,34)(H,31,35)/t22-/m0/s1. The summed E-state index contributed by atoms with van der Waals surface area (Å²) in [5, 5.41) is 7.10. The van der Waals surface area contributed by atoms with E-state index in [0.29, 0.717) is 11.3 Å². The Morgan fingerprint density at radius 3 is 2.58 bits per heavy atom. The van der Waals surface area contributed by atoms with Gasteiger partial charge in [0.2, 0.25) is 5.78 Å². The molecule has 182 valence electrons. The number of rotatable bonds is 9. The van der Waals surface area contributed by atoms with Crippen LogP contribution in [-0.4, -0.2) is 45.5 Å². The molecule has 0 aliphatic rings. The van der Waals surface area contributed by atoms with Crippen molar-refractivity contribution in [2.45, 2.75) is 12.5 Å². The smallest absolute Gasteiger partial charge is 0.313 e. The number of aromatic nitrogens is 3. The first-order chi connectivity index (χ1) is 17.5. The molecule has 4 aromatic rings. The van der Waals surface area contributed by atoms with Crippen LogP contribution in [0.4, 0.5) is 4.39 Å². The Balaban J connectivity index is 1.62. The Morgan fingerprint density at radius 1 is 1.03 bits per heavy atom. The van der Waals surface area contributed by atoms with Gasteiger partial charge in [-0.2, -0.15) is 5.10 Å². The summed E-state index contributed by atoms with van der Waals surface area (Å²) in [6.07, 6.45) is 3.06. The van der Waals surface area contributed by atoms with Crippen molar-refractivity contribution in [3.05, 3.63) is 102 Å². The van der Waals surface area contributed by atoms with Gasteiger partial charge in [0.05, 0.1) is 18.4 Å². The fourth-order valence-corrected chi connectivity index (χ4v) is 3.61. The summed E-state index contributed by atoms with van der Waals surface area (Å²) in [5.74, 6) is -2.94. The summed E-state index contributed by atoms with van der Waals surface area (Å²) >= 11 is 0. The molecule has 2 N–H and O–H groups in total. The Labute approximate surface area is 205 Å². The van der Waals surface area contributed by atoms with E-state index in [1.54, 1.807) is 24.4 Å². The number of hydrogen-bond donors (Lipinski definition) is 2. The first kappa shape index (κ1) is 24.4. The maximum atomic E-state index is 13.7. The lowest BCUT2D eigenvalue weighted by Gasteiger charge is -2.18. The third-order valence-corrected chi connectivity index (χ3v) is 5.28. The summed E-state index contributed by atoms with van der Waals surface area (Å²) in [5.41, 5.74) is 4.08. The van der Waals surface area contributed by atoms with Gasteiger partial charge in [-0.3, -0.25) is 19.2 Å². The highest BCUT2D eigenvalue weighted by Gasteiger charge is 2.29. The molecule has 0 spiro atoms. The van der Waals surface area contributed by atoms with Crippen LogP contribution in [0.3, 0.4) is 0 Å². The van der Waals surface area contributed by atoms with Gasteiger partial charge in [0.15, 0.2) is 5.82 Å². The van der Waals surface area contributed by atoms with Crippen LogP contribution >= 0.6 is 0 Å². The lowest BCUT2D eigenvalue weighted by molar-refractivity contribution is -0.145. The van der Waals surface area contributed by atoms with Crippen molar-refractivity contribution in [3.63, 3.8) is 0 Å².